The zero-order valence-corrected chi connectivity index (χ0v) is 12.9. The molecule has 21 heavy (non-hydrogen) atoms. The molecule has 0 spiro atoms. The van der Waals surface area contributed by atoms with Gasteiger partial charge in [0.15, 0.2) is 0 Å². The maximum atomic E-state index is 12.9. The Balaban J connectivity index is 2.45. The average molecular weight is 282 g/mol. The first kappa shape index (κ1) is 15.1. The second-order valence-electron chi connectivity index (χ2n) is 5.33. The van der Waals surface area contributed by atoms with E-state index in [2.05, 4.69) is 6.92 Å². The van der Waals surface area contributed by atoms with Crippen LogP contribution in [0.25, 0.3) is 0 Å². The quantitative estimate of drug-likeness (QED) is 0.863. The molecule has 0 atom stereocenters. The zero-order chi connectivity index (χ0) is 15.4. The molecule has 3 nitrogen and oxygen atoms in total. The van der Waals surface area contributed by atoms with Crippen molar-refractivity contribution in [2.24, 2.45) is 0 Å². The number of hydrogen-bond donors (Lipinski definition) is 1. The Labute approximate surface area is 126 Å². The number of anilines is 2. The van der Waals surface area contributed by atoms with Gasteiger partial charge < -0.3 is 10.6 Å². The highest BCUT2D eigenvalue weighted by molar-refractivity contribution is 6.08. The number of aryl methyl sites for hydroxylation is 2. The first-order valence-electron chi connectivity index (χ1n) is 7.28. The van der Waals surface area contributed by atoms with E-state index in [4.69, 9.17) is 5.73 Å². The highest BCUT2D eigenvalue weighted by atomic mass is 16.2. The lowest BCUT2D eigenvalue weighted by Crippen LogP contribution is -2.32. The maximum Gasteiger partial charge on any atom is 0.258 e. The predicted molar refractivity (Wildman–Crippen MR) is 88.7 cm³/mol. The summed E-state index contributed by atoms with van der Waals surface area (Å²) in [5, 5.41) is 0. The highest BCUT2D eigenvalue weighted by Crippen LogP contribution is 2.25. The smallest absolute Gasteiger partial charge is 0.258 e. The number of para-hydroxylation sites is 2. The third-order valence-corrected chi connectivity index (χ3v) is 3.54. The Kier molecular flexibility index (Phi) is 4.63. The fraction of sp³-hybridized carbons (Fsp3) is 0.278. The van der Waals surface area contributed by atoms with Crippen LogP contribution < -0.4 is 10.6 Å². The summed E-state index contributed by atoms with van der Waals surface area (Å²) in [6.45, 7) is 6.67. The molecule has 0 fully saturated rings. The first-order chi connectivity index (χ1) is 10.0. The largest absolute Gasteiger partial charge is 0.397 e. The minimum atomic E-state index is 0.0101. The van der Waals surface area contributed by atoms with Crippen LogP contribution in [0.5, 0.6) is 0 Å². The number of nitrogens with two attached hydrogens (primary N) is 1. The Morgan fingerprint density at radius 1 is 1.14 bits per heavy atom. The molecule has 0 aliphatic carbocycles. The van der Waals surface area contributed by atoms with Gasteiger partial charge in [0.25, 0.3) is 5.91 Å². The summed E-state index contributed by atoms with van der Waals surface area (Å²) < 4.78 is 0. The molecule has 0 bridgehead atoms. The zero-order valence-electron chi connectivity index (χ0n) is 12.9. The molecule has 0 aliphatic rings. The van der Waals surface area contributed by atoms with Crippen molar-refractivity contribution in [1.29, 1.82) is 0 Å². The summed E-state index contributed by atoms with van der Waals surface area (Å²) in [5.74, 6) is 0.0101. The normalized spacial score (nSPS) is 10.4. The number of nitrogen functional groups attached to an aromatic ring is 1. The van der Waals surface area contributed by atoms with Gasteiger partial charge in [0, 0.05) is 12.1 Å². The topological polar surface area (TPSA) is 46.3 Å². The van der Waals surface area contributed by atoms with Crippen LogP contribution in [0.15, 0.2) is 42.5 Å². The van der Waals surface area contributed by atoms with E-state index in [1.54, 1.807) is 4.90 Å². The van der Waals surface area contributed by atoms with Gasteiger partial charge in [0.1, 0.15) is 0 Å². The van der Waals surface area contributed by atoms with Crippen LogP contribution in [0.2, 0.25) is 0 Å². The summed E-state index contributed by atoms with van der Waals surface area (Å²) in [6.07, 6.45) is 0.880. The standard InChI is InChI=1S/C18H22N2O/c1-4-11-20(17-8-6-5-7-16(17)19)18(21)15-12-13(2)9-10-14(15)3/h5-10,12H,4,11,19H2,1-3H3. The molecular weight excluding hydrogens is 260 g/mol. The molecule has 1 amide bonds. The van der Waals surface area contributed by atoms with Gasteiger partial charge in [-0.3, -0.25) is 4.79 Å². The fourth-order valence-electron chi connectivity index (χ4n) is 2.40. The van der Waals surface area contributed by atoms with Crippen molar-refractivity contribution in [2.45, 2.75) is 27.2 Å². The van der Waals surface area contributed by atoms with Gasteiger partial charge >= 0.3 is 0 Å². The van der Waals surface area contributed by atoms with E-state index in [9.17, 15) is 4.79 Å². The number of carbonyl (C=O) groups excluding carboxylic acids is 1. The molecule has 0 aromatic heterocycles. The number of nitrogens with zero attached hydrogens (tertiary/aromatic N) is 1. The monoisotopic (exact) mass is 282 g/mol. The van der Waals surface area contributed by atoms with Crippen LogP contribution in [-0.2, 0) is 0 Å². The van der Waals surface area contributed by atoms with Crippen LogP contribution in [-0.4, -0.2) is 12.5 Å². The molecule has 0 unspecified atom stereocenters. The van der Waals surface area contributed by atoms with E-state index in [1.165, 1.54) is 0 Å². The van der Waals surface area contributed by atoms with Gasteiger partial charge in [-0.05, 0) is 44.0 Å². The van der Waals surface area contributed by atoms with Crippen LogP contribution >= 0.6 is 0 Å². The highest BCUT2D eigenvalue weighted by Gasteiger charge is 2.20. The predicted octanol–water partition coefficient (Wildman–Crippen LogP) is 3.94. The van der Waals surface area contributed by atoms with Crippen LogP contribution in [0.4, 0.5) is 11.4 Å². The van der Waals surface area contributed by atoms with E-state index in [0.29, 0.717) is 12.2 Å². The van der Waals surface area contributed by atoms with Gasteiger partial charge in [0.2, 0.25) is 0 Å². The summed E-state index contributed by atoms with van der Waals surface area (Å²) in [5.41, 5.74) is 10.3. The molecule has 3 heteroatoms. The van der Waals surface area contributed by atoms with Crippen LogP contribution in [0.3, 0.4) is 0 Å². The molecule has 110 valence electrons. The molecule has 2 aromatic carbocycles. The second kappa shape index (κ2) is 6.44. The number of amides is 1. The lowest BCUT2D eigenvalue weighted by molar-refractivity contribution is 0.0986. The fourth-order valence-corrected chi connectivity index (χ4v) is 2.40. The maximum absolute atomic E-state index is 12.9. The molecule has 2 aromatic rings. The van der Waals surface area contributed by atoms with E-state index >= 15 is 0 Å². The van der Waals surface area contributed by atoms with Crippen molar-refractivity contribution < 1.29 is 4.79 Å². The van der Waals surface area contributed by atoms with E-state index in [1.807, 2.05) is 56.3 Å². The minimum absolute atomic E-state index is 0.0101. The van der Waals surface area contributed by atoms with Gasteiger partial charge in [-0.25, -0.2) is 0 Å². The van der Waals surface area contributed by atoms with E-state index in [-0.39, 0.29) is 5.91 Å². The lowest BCUT2D eigenvalue weighted by Gasteiger charge is -2.24. The third kappa shape index (κ3) is 3.24. The average Bonchev–Trinajstić information content (AvgIpc) is 2.47. The van der Waals surface area contributed by atoms with E-state index < -0.39 is 0 Å². The van der Waals surface area contributed by atoms with Crippen molar-refractivity contribution in [1.82, 2.24) is 0 Å². The number of rotatable bonds is 4. The van der Waals surface area contributed by atoms with Gasteiger partial charge in [-0.15, -0.1) is 0 Å². The lowest BCUT2D eigenvalue weighted by atomic mass is 10.0. The van der Waals surface area contributed by atoms with Gasteiger partial charge in [-0.1, -0.05) is 36.8 Å². The number of carbonyl (C=O) groups is 1. The summed E-state index contributed by atoms with van der Waals surface area (Å²) >= 11 is 0. The van der Waals surface area contributed by atoms with E-state index in [0.717, 1.165) is 28.8 Å². The Hall–Kier alpha value is -2.29. The Morgan fingerprint density at radius 3 is 2.52 bits per heavy atom. The first-order valence-corrected chi connectivity index (χ1v) is 7.28. The number of hydrogen-bond acceptors (Lipinski definition) is 2. The molecule has 2 rings (SSSR count). The van der Waals surface area contributed by atoms with Gasteiger partial charge in [0.05, 0.1) is 11.4 Å². The molecule has 0 radical (unpaired) electrons. The summed E-state index contributed by atoms with van der Waals surface area (Å²) in [7, 11) is 0. The molecular formula is C18H22N2O. The third-order valence-electron chi connectivity index (χ3n) is 3.54. The van der Waals surface area contributed by atoms with Crippen molar-refractivity contribution >= 4 is 17.3 Å². The molecule has 0 heterocycles. The van der Waals surface area contributed by atoms with Crippen molar-refractivity contribution in [2.75, 3.05) is 17.2 Å². The SMILES string of the molecule is CCCN(C(=O)c1cc(C)ccc1C)c1ccccc1N. The van der Waals surface area contributed by atoms with Crippen LogP contribution in [0.1, 0.15) is 34.8 Å². The van der Waals surface area contributed by atoms with Crippen LogP contribution in [0, 0.1) is 13.8 Å². The molecule has 0 saturated heterocycles. The Bertz CT molecular complexity index is 649. The molecule has 0 aliphatic heterocycles. The van der Waals surface area contributed by atoms with Gasteiger partial charge in [-0.2, -0.15) is 0 Å². The second-order valence-corrected chi connectivity index (χ2v) is 5.33. The summed E-state index contributed by atoms with van der Waals surface area (Å²) in [6, 6.07) is 13.5. The summed E-state index contributed by atoms with van der Waals surface area (Å²) in [4.78, 5) is 14.7. The number of benzene rings is 2. The van der Waals surface area contributed by atoms with Crippen molar-refractivity contribution in [3.05, 3.63) is 59.2 Å². The molecule has 0 saturated carbocycles. The Morgan fingerprint density at radius 2 is 1.86 bits per heavy atom. The van der Waals surface area contributed by atoms with Crippen molar-refractivity contribution in [3.8, 4) is 0 Å². The molecule has 2 N–H and O–H groups in total. The van der Waals surface area contributed by atoms with Crippen molar-refractivity contribution in [3.63, 3.8) is 0 Å². The minimum Gasteiger partial charge on any atom is -0.397 e.